The van der Waals surface area contributed by atoms with E-state index in [9.17, 15) is 23.4 Å². The van der Waals surface area contributed by atoms with Gasteiger partial charge in [-0.2, -0.15) is 13.2 Å². The number of rotatable bonds is 2. The summed E-state index contributed by atoms with van der Waals surface area (Å²) in [6, 6.07) is 5.66. The van der Waals surface area contributed by atoms with Crippen molar-refractivity contribution in [3.05, 3.63) is 34.9 Å². The zero-order valence-electron chi connectivity index (χ0n) is 17.1. The summed E-state index contributed by atoms with van der Waals surface area (Å²) in [6.07, 6.45) is -3.37. The van der Waals surface area contributed by atoms with Crippen LogP contribution >= 0.6 is 0 Å². The highest BCUT2D eigenvalue weighted by atomic mass is 19.4. The minimum atomic E-state index is -5.08. The number of fused-ring (bicyclic) bond motifs is 2. The molecule has 31 heavy (non-hydrogen) atoms. The van der Waals surface area contributed by atoms with E-state index >= 15 is 0 Å². The Balaban J connectivity index is 0.000000339. The largest absolute Gasteiger partial charge is 0.504 e. The van der Waals surface area contributed by atoms with E-state index in [1.54, 1.807) is 13.2 Å². The lowest BCUT2D eigenvalue weighted by molar-refractivity contribution is -0.192. The van der Waals surface area contributed by atoms with E-state index in [0.717, 1.165) is 36.1 Å². The van der Waals surface area contributed by atoms with Crippen molar-refractivity contribution in [1.29, 1.82) is 0 Å². The number of benzene rings is 2. The van der Waals surface area contributed by atoms with E-state index in [4.69, 9.17) is 19.4 Å². The highest BCUT2D eigenvalue weighted by Crippen LogP contribution is 2.53. The summed E-state index contributed by atoms with van der Waals surface area (Å²) in [7, 11) is 5.23. The van der Waals surface area contributed by atoms with Gasteiger partial charge in [0.05, 0.1) is 14.2 Å². The number of halogens is 3. The van der Waals surface area contributed by atoms with E-state index in [2.05, 4.69) is 11.9 Å². The van der Waals surface area contributed by atoms with Crippen LogP contribution in [0.15, 0.2) is 18.2 Å². The molecule has 0 amide bonds. The Labute approximate surface area is 176 Å². The van der Waals surface area contributed by atoms with Gasteiger partial charge in [0, 0.05) is 18.2 Å². The van der Waals surface area contributed by atoms with E-state index in [1.165, 1.54) is 18.2 Å². The summed E-state index contributed by atoms with van der Waals surface area (Å²) >= 11 is 0. The molecule has 1 heterocycles. The minimum Gasteiger partial charge on any atom is -0.504 e. The third-order valence-corrected chi connectivity index (χ3v) is 5.52. The molecular formula is C21H22F3NO6. The van der Waals surface area contributed by atoms with Crippen LogP contribution in [-0.4, -0.2) is 60.2 Å². The molecule has 0 bridgehead atoms. The fourth-order valence-electron chi connectivity index (χ4n) is 4.10. The summed E-state index contributed by atoms with van der Waals surface area (Å²) in [4.78, 5) is 11.2. The highest BCUT2D eigenvalue weighted by molar-refractivity contribution is 5.84. The van der Waals surface area contributed by atoms with Crippen molar-refractivity contribution in [3.8, 4) is 34.1 Å². The predicted octanol–water partition coefficient (Wildman–Crippen LogP) is 3.50. The van der Waals surface area contributed by atoms with Gasteiger partial charge in [0.1, 0.15) is 0 Å². The average Bonchev–Trinajstić information content (AvgIpc) is 2.69. The van der Waals surface area contributed by atoms with Gasteiger partial charge in [-0.3, -0.25) is 4.90 Å². The fraction of sp³-hybridized carbons (Fsp3) is 0.381. The first-order valence-corrected chi connectivity index (χ1v) is 9.32. The quantitative estimate of drug-likeness (QED) is 0.656. The van der Waals surface area contributed by atoms with Crippen LogP contribution in [0.25, 0.3) is 11.1 Å². The van der Waals surface area contributed by atoms with Crippen LogP contribution < -0.4 is 9.47 Å². The third-order valence-electron chi connectivity index (χ3n) is 5.52. The van der Waals surface area contributed by atoms with Crippen molar-refractivity contribution in [2.24, 2.45) is 0 Å². The molecule has 0 unspecified atom stereocenters. The minimum absolute atomic E-state index is 0.137. The van der Waals surface area contributed by atoms with Gasteiger partial charge < -0.3 is 24.8 Å². The van der Waals surface area contributed by atoms with Crippen molar-refractivity contribution in [2.45, 2.75) is 25.1 Å². The summed E-state index contributed by atoms with van der Waals surface area (Å²) in [6.45, 7) is 0.945. The van der Waals surface area contributed by atoms with Gasteiger partial charge in [0.2, 0.25) is 0 Å². The SMILES string of the molecule is COc1cc2c(cc1O)C[C@H]1c3c(cc(O)c(OC)c3-2)CCN1C.O=C(O)C(F)(F)F. The third kappa shape index (κ3) is 4.07. The number of hydrogen-bond acceptors (Lipinski definition) is 6. The number of phenols is 2. The maximum absolute atomic E-state index is 10.6. The Morgan fingerprint density at radius 3 is 2.26 bits per heavy atom. The van der Waals surface area contributed by atoms with Gasteiger partial charge >= 0.3 is 12.1 Å². The molecule has 3 N–H and O–H groups in total. The van der Waals surface area contributed by atoms with Gasteiger partial charge in [0.15, 0.2) is 23.0 Å². The number of aliphatic carboxylic acids is 1. The van der Waals surface area contributed by atoms with Crippen LogP contribution in [0.4, 0.5) is 13.2 Å². The van der Waals surface area contributed by atoms with E-state index in [-0.39, 0.29) is 17.5 Å². The number of carboxylic acid groups (broad SMARTS) is 1. The number of carboxylic acids is 1. The molecule has 0 spiro atoms. The Bertz CT molecular complexity index is 1020. The molecule has 7 nitrogen and oxygen atoms in total. The Kier molecular flexibility index (Phi) is 5.95. The standard InChI is InChI=1S/C19H21NO4.C2HF3O2/c1-20-5-4-10-7-15(22)19(24-3)18-12-9-16(23-2)14(21)8-11(12)6-13(20)17(10)18;3-2(4,5)1(6)7/h7-9,13,21-22H,4-6H2,1-3H3;(H,6,7)/t13-;/m0./s1. The van der Waals surface area contributed by atoms with Crippen LogP contribution in [0.2, 0.25) is 0 Å². The lowest BCUT2D eigenvalue weighted by Gasteiger charge is -2.40. The summed E-state index contributed by atoms with van der Waals surface area (Å²) < 4.78 is 42.6. The van der Waals surface area contributed by atoms with Gasteiger partial charge in [-0.05, 0) is 60.3 Å². The Morgan fingerprint density at radius 1 is 1.10 bits per heavy atom. The number of ether oxygens (including phenoxy) is 2. The van der Waals surface area contributed by atoms with Crippen LogP contribution in [0.3, 0.4) is 0 Å². The maximum Gasteiger partial charge on any atom is 0.490 e. The number of hydrogen-bond donors (Lipinski definition) is 3. The number of methoxy groups -OCH3 is 2. The number of alkyl halides is 3. The van der Waals surface area contributed by atoms with Gasteiger partial charge in [-0.15, -0.1) is 0 Å². The van der Waals surface area contributed by atoms with Crippen molar-refractivity contribution < 1.29 is 42.8 Å². The topological polar surface area (TPSA) is 99.5 Å². The zero-order chi connectivity index (χ0) is 23.1. The molecule has 2 aromatic carbocycles. The second-order valence-corrected chi connectivity index (χ2v) is 7.31. The number of likely N-dealkylation sites (N-methyl/N-ethyl adjacent to an activating group) is 1. The van der Waals surface area contributed by atoms with Crippen molar-refractivity contribution in [3.63, 3.8) is 0 Å². The molecule has 0 saturated carbocycles. The van der Waals surface area contributed by atoms with Crippen LogP contribution in [0.5, 0.6) is 23.0 Å². The smallest absolute Gasteiger partial charge is 0.490 e. The lowest BCUT2D eigenvalue weighted by atomic mass is 9.76. The molecule has 0 radical (unpaired) electrons. The number of phenolic OH excluding ortho intramolecular Hbond substituents is 2. The maximum atomic E-state index is 10.6. The molecule has 1 aliphatic carbocycles. The van der Waals surface area contributed by atoms with E-state index in [0.29, 0.717) is 11.5 Å². The predicted molar refractivity (Wildman–Crippen MR) is 105 cm³/mol. The molecular weight excluding hydrogens is 419 g/mol. The second kappa shape index (κ2) is 8.18. The molecule has 4 rings (SSSR count). The summed E-state index contributed by atoms with van der Waals surface area (Å²) in [5.41, 5.74) is 5.31. The van der Waals surface area contributed by atoms with Gasteiger partial charge in [0.25, 0.3) is 0 Å². The van der Waals surface area contributed by atoms with E-state index < -0.39 is 12.1 Å². The Morgan fingerprint density at radius 2 is 1.71 bits per heavy atom. The molecule has 168 valence electrons. The second-order valence-electron chi connectivity index (χ2n) is 7.31. The number of carbonyl (C=O) groups is 1. The first-order chi connectivity index (χ1) is 14.5. The first kappa shape index (κ1) is 22.5. The molecule has 0 saturated heterocycles. The average molecular weight is 441 g/mol. The summed E-state index contributed by atoms with van der Waals surface area (Å²) in [5, 5.41) is 27.7. The Hall–Kier alpha value is -3.14. The van der Waals surface area contributed by atoms with Crippen molar-refractivity contribution in [2.75, 3.05) is 27.8 Å². The lowest BCUT2D eigenvalue weighted by Crippen LogP contribution is -2.35. The molecule has 2 aliphatic rings. The molecule has 1 aliphatic heterocycles. The van der Waals surface area contributed by atoms with Crippen molar-refractivity contribution >= 4 is 5.97 Å². The monoisotopic (exact) mass is 441 g/mol. The molecule has 10 heteroatoms. The van der Waals surface area contributed by atoms with Crippen molar-refractivity contribution in [1.82, 2.24) is 4.90 Å². The van der Waals surface area contributed by atoms with E-state index in [1.807, 2.05) is 12.1 Å². The van der Waals surface area contributed by atoms with Crippen LogP contribution in [0, 0.1) is 0 Å². The molecule has 0 fully saturated rings. The van der Waals surface area contributed by atoms with Crippen LogP contribution in [-0.2, 0) is 17.6 Å². The first-order valence-electron chi connectivity index (χ1n) is 9.32. The number of nitrogens with zero attached hydrogens (tertiary/aromatic N) is 1. The zero-order valence-corrected chi connectivity index (χ0v) is 17.1. The molecule has 1 atom stereocenters. The summed E-state index contributed by atoms with van der Waals surface area (Å²) in [5.74, 6) is -1.54. The van der Waals surface area contributed by atoms with Gasteiger partial charge in [-0.25, -0.2) is 4.79 Å². The highest BCUT2D eigenvalue weighted by Gasteiger charge is 2.38. The van der Waals surface area contributed by atoms with Gasteiger partial charge in [-0.1, -0.05) is 0 Å². The fourth-order valence-corrected chi connectivity index (χ4v) is 4.10. The molecule has 0 aromatic heterocycles. The number of aromatic hydroxyl groups is 2. The normalized spacial score (nSPS) is 17.0. The van der Waals surface area contributed by atoms with Crippen LogP contribution in [0.1, 0.15) is 22.7 Å². The molecule has 2 aromatic rings.